The van der Waals surface area contributed by atoms with Gasteiger partial charge in [0.25, 0.3) is 0 Å². The number of nitrogens with zero attached hydrogens (tertiary/aromatic N) is 2. The first-order valence-electron chi connectivity index (χ1n) is 6.71. The molecule has 1 heterocycles. The monoisotopic (exact) mass is 289 g/mol. The summed E-state index contributed by atoms with van der Waals surface area (Å²) in [4.78, 5) is 8.65. The van der Waals surface area contributed by atoms with Gasteiger partial charge in [-0.05, 0) is 19.1 Å². The molecule has 6 nitrogen and oxygen atoms in total. The van der Waals surface area contributed by atoms with E-state index < -0.39 is 0 Å². The highest BCUT2D eigenvalue weighted by Crippen LogP contribution is 2.30. The zero-order valence-corrected chi connectivity index (χ0v) is 12.4. The standard InChI is InChI=1S/C15H19N3O3/c1-4-20-10-14-17-13(16-2)9-15(18-14)21-12-8-6-5-7-11(12)19-3/h5-9H,4,10H2,1-3H3,(H,16,17,18). The molecule has 0 amide bonds. The third-order valence-corrected chi connectivity index (χ3v) is 2.72. The van der Waals surface area contributed by atoms with Crippen LogP contribution in [-0.2, 0) is 11.3 Å². The summed E-state index contributed by atoms with van der Waals surface area (Å²) >= 11 is 0. The van der Waals surface area contributed by atoms with Gasteiger partial charge in [0.2, 0.25) is 5.88 Å². The Labute approximate surface area is 124 Å². The van der Waals surface area contributed by atoms with E-state index in [1.807, 2.05) is 31.2 Å². The van der Waals surface area contributed by atoms with E-state index in [4.69, 9.17) is 14.2 Å². The van der Waals surface area contributed by atoms with Gasteiger partial charge in [-0.25, -0.2) is 4.98 Å². The summed E-state index contributed by atoms with van der Waals surface area (Å²) in [5.74, 6) is 2.92. The van der Waals surface area contributed by atoms with Crippen molar-refractivity contribution in [2.75, 3.05) is 26.1 Å². The van der Waals surface area contributed by atoms with Crippen molar-refractivity contribution in [2.24, 2.45) is 0 Å². The normalized spacial score (nSPS) is 10.2. The maximum absolute atomic E-state index is 5.79. The van der Waals surface area contributed by atoms with Gasteiger partial charge in [0.05, 0.1) is 7.11 Å². The molecule has 2 rings (SSSR count). The molecule has 1 aromatic carbocycles. The Kier molecular flexibility index (Phi) is 5.34. The number of hydrogen-bond donors (Lipinski definition) is 1. The van der Waals surface area contributed by atoms with E-state index in [1.165, 1.54) is 0 Å². The van der Waals surface area contributed by atoms with Crippen LogP contribution >= 0.6 is 0 Å². The molecule has 1 N–H and O–H groups in total. The van der Waals surface area contributed by atoms with Gasteiger partial charge in [-0.1, -0.05) is 12.1 Å². The zero-order valence-electron chi connectivity index (χ0n) is 12.4. The van der Waals surface area contributed by atoms with Crippen LogP contribution in [0, 0.1) is 0 Å². The lowest BCUT2D eigenvalue weighted by Crippen LogP contribution is -2.04. The molecule has 0 aliphatic heterocycles. The number of rotatable bonds is 7. The maximum atomic E-state index is 5.79. The molecule has 0 spiro atoms. The summed E-state index contributed by atoms with van der Waals surface area (Å²) in [6.45, 7) is 2.87. The highest BCUT2D eigenvalue weighted by Gasteiger charge is 2.09. The summed E-state index contributed by atoms with van der Waals surface area (Å²) in [6, 6.07) is 9.13. The second kappa shape index (κ2) is 7.44. The van der Waals surface area contributed by atoms with Gasteiger partial charge in [0.15, 0.2) is 17.3 Å². The van der Waals surface area contributed by atoms with Crippen LogP contribution in [0.2, 0.25) is 0 Å². The largest absolute Gasteiger partial charge is 0.493 e. The highest BCUT2D eigenvalue weighted by atomic mass is 16.5. The second-order valence-electron chi connectivity index (χ2n) is 4.15. The molecule has 0 atom stereocenters. The van der Waals surface area contributed by atoms with Crippen molar-refractivity contribution in [3.8, 4) is 17.4 Å². The van der Waals surface area contributed by atoms with E-state index in [1.54, 1.807) is 20.2 Å². The minimum absolute atomic E-state index is 0.342. The molecule has 0 saturated carbocycles. The van der Waals surface area contributed by atoms with Crippen molar-refractivity contribution in [3.05, 3.63) is 36.2 Å². The Bertz CT molecular complexity index is 590. The van der Waals surface area contributed by atoms with Crippen molar-refractivity contribution in [3.63, 3.8) is 0 Å². The molecule has 0 aliphatic rings. The van der Waals surface area contributed by atoms with E-state index in [2.05, 4.69) is 15.3 Å². The lowest BCUT2D eigenvalue weighted by molar-refractivity contribution is 0.128. The van der Waals surface area contributed by atoms with Gasteiger partial charge >= 0.3 is 0 Å². The molecule has 0 aliphatic carbocycles. The molecule has 0 unspecified atom stereocenters. The van der Waals surface area contributed by atoms with Gasteiger partial charge in [-0.15, -0.1) is 0 Å². The fraction of sp³-hybridized carbons (Fsp3) is 0.333. The third-order valence-electron chi connectivity index (χ3n) is 2.72. The number of nitrogens with one attached hydrogen (secondary N) is 1. The predicted octanol–water partition coefficient (Wildman–Crippen LogP) is 2.86. The van der Waals surface area contributed by atoms with Crippen LogP contribution in [0.15, 0.2) is 30.3 Å². The molecule has 6 heteroatoms. The van der Waals surface area contributed by atoms with Crippen LogP contribution in [0.4, 0.5) is 5.82 Å². The van der Waals surface area contributed by atoms with E-state index in [0.717, 1.165) is 0 Å². The van der Waals surface area contributed by atoms with Gasteiger partial charge in [0, 0.05) is 19.7 Å². The molecule has 0 fully saturated rings. The minimum Gasteiger partial charge on any atom is -0.493 e. The molecular weight excluding hydrogens is 270 g/mol. The van der Waals surface area contributed by atoms with Crippen LogP contribution in [0.3, 0.4) is 0 Å². The molecule has 0 radical (unpaired) electrons. The number of methoxy groups -OCH3 is 1. The lowest BCUT2D eigenvalue weighted by atomic mass is 10.3. The van der Waals surface area contributed by atoms with Gasteiger partial charge in [0.1, 0.15) is 12.4 Å². The summed E-state index contributed by atoms with van der Waals surface area (Å²) in [7, 11) is 3.39. The molecule has 21 heavy (non-hydrogen) atoms. The van der Waals surface area contributed by atoms with Crippen LogP contribution < -0.4 is 14.8 Å². The second-order valence-corrected chi connectivity index (χ2v) is 4.15. The van der Waals surface area contributed by atoms with Gasteiger partial charge < -0.3 is 19.5 Å². The summed E-state index contributed by atoms with van der Waals surface area (Å²) in [5.41, 5.74) is 0. The number of hydrogen-bond acceptors (Lipinski definition) is 6. The highest BCUT2D eigenvalue weighted by molar-refractivity contribution is 5.44. The zero-order chi connectivity index (χ0) is 15.1. The SMILES string of the molecule is CCOCc1nc(NC)cc(Oc2ccccc2OC)n1. The molecule has 0 bridgehead atoms. The third kappa shape index (κ3) is 4.06. The summed E-state index contributed by atoms with van der Waals surface area (Å²) in [5, 5.41) is 2.98. The van der Waals surface area contributed by atoms with Crippen molar-refractivity contribution in [1.29, 1.82) is 0 Å². The minimum atomic E-state index is 0.342. The fourth-order valence-corrected chi connectivity index (χ4v) is 1.73. The maximum Gasteiger partial charge on any atom is 0.224 e. The van der Waals surface area contributed by atoms with Crippen LogP contribution in [0.5, 0.6) is 17.4 Å². The first kappa shape index (κ1) is 15.1. The Morgan fingerprint density at radius 3 is 2.57 bits per heavy atom. The summed E-state index contributed by atoms with van der Waals surface area (Å²) < 4.78 is 16.4. The number of benzene rings is 1. The number of aromatic nitrogens is 2. The number of anilines is 1. The Morgan fingerprint density at radius 1 is 1.14 bits per heavy atom. The van der Waals surface area contributed by atoms with Crippen molar-refractivity contribution >= 4 is 5.82 Å². The molecule has 1 aromatic heterocycles. The molecular formula is C15H19N3O3. The van der Waals surface area contributed by atoms with Crippen molar-refractivity contribution in [2.45, 2.75) is 13.5 Å². The fourth-order valence-electron chi connectivity index (χ4n) is 1.73. The van der Waals surface area contributed by atoms with Crippen LogP contribution in [0.25, 0.3) is 0 Å². The van der Waals surface area contributed by atoms with E-state index in [9.17, 15) is 0 Å². The Hall–Kier alpha value is -2.34. The molecule has 112 valence electrons. The van der Waals surface area contributed by atoms with Crippen molar-refractivity contribution in [1.82, 2.24) is 9.97 Å². The van der Waals surface area contributed by atoms with E-state index >= 15 is 0 Å². The quantitative estimate of drug-likeness (QED) is 0.845. The average Bonchev–Trinajstić information content (AvgIpc) is 2.53. The van der Waals surface area contributed by atoms with Crippen LogP contribution in [0.1, 0.15) is 12.7 Å². The first-order valence-corrected chi connectivity index (χ1v) is 6.71. The van der Waals surface area contributed by atoms with Crippen molar-refractivity contribution < 1.29 is 14.2 Å². The van der Waals surface area contributed by atoms with Crippen LogP contribution in [-0.4, -0.2) is 30.7 Å². The smallest absolute Gasteiger partial charge is 0.224 e. The summed E-state index contributed by atoms with van der Waals surface area (Å²) in [6.07, 6.45) is 0. The number of para-hydroxylation sites is 2. The Balaban J connectivity index is 2.25. The lowest BCUT2D eigenvalue weighted by Gasteiger charge is -2.11. The van der Waals surface area contributed by atoms with Gasteiger partial charge in [-0.2, -0.15) is 4.98 Å². The first-order chi connectivity index (χ1) is 10.3. The Morgan fingerprint density at radius 2 is 1.90 bits per heavy atom. The van der Waals surface area contributed by atoms with E-state index in [0.29, 0.717) is 42.2 Å². The molecule has 2 aromatic rings. The topological polar surface area (TPSA) is 65.5 Å². The molecule has 0 saturated heterocycles. The van der Waals surface area contributed by atoms with E-state index in [-0.39, 0.29) is 0 Å². The number of ether oxygens (including phenoxy) is 3. The van der Waals surface area contributed by atoms with Gasteiger partial charge in [-0.3, -0.25) is 0 Å². The average molecular weight is 289 g/mol. The predicted molar refractivity (Wildman–Crippen MR) is 80.0 cm³/mol.